The minimum Gasteiger partial charge on any atom is -0.467 e. The van der Waals surface area contributed by atoms with Crippen LogP contribution >= 0.6 is 19.4 Å². The molecule has 0 saturated heterocycles. The molecule has 8 heteroatoms. The van der Waals surface area contributed by atoms with E-state index in [-0.39, 0.29) is 11.9 Å². The van der Waals surface area contributed by atoms with Gasteiger partial charge in [0, 0.05) is 11.9 Å². The lowest BCUT2D eigenvalue weighted by Gasteiger charge is -2.28. The molecule has 0 radical (unpaired) electrons. The molecule has 4 atom stereocenters. The average Bonchev–Trinajstić information content (AvgIpc) is 2.85. The molecule has 0 aromatic carbocycles. The Balaban J connectivity index is 4.69. The quantitative estimate of drug-likeness (QED) is 0.0652. The predicted octanol–water partition coefficient (Wildman–Crippen LogP) is 8.89. The van der Waals surface area contributed by atoms with Crippen molar-refractivity contribution in [2.24, 2.45) is 0 Å². The van der Waals surface area contributed by atoms with Crippen LogP contribution in [0.15, 0.2) is 0 Å². The van der Waals surface area contributed by atoms with E-state index in [1.165, 1.54) is 84.2 Å². The summed E-state index contributed by atoms with van der Waals surface area (Å²) in [5.41, 5.74) is 0. The van der Waals surface area contributed by atoms with E-state index in [4.69, 9.17) is 14.0 Å². The van der Waals surface area contributed by atoms with Gasteiger partial charge < -0.3 is 18.9 Å². The topological polar surface area (TPSA) is 82.1 Å². The third-order valence-electron chi connectivity index (χ3n) is 6.44. The Bertz CT molecular complexity index is 562. The molecule has 0 aliphatic carbocycles. The molecule has 0 rings (SSSR count). The van der Waals surface area contributed by atoms with Gasteiger partial charge >= 0.3 is 13.6 Å². The molecule has 36 heavy (non-hydrogen) atoms. The lowest BCUT2D eigenvalue weighted by atomic mass is 10.1. The first-order chi connectivity index (χ1) is 17.3. The van der Waals surface area contributed by atoms with Gasteiger partial charge in [0.25, 0.3) is 5.85 Å². The highest BCUT2D eigenvalue weighted by molar-refractivity contribution is 7.99. The molecule has 0 aliphatic rings. The van der Waals surface area contributed by atoms with E-state index < -0.39 is 25.5 Å². The van der Waals surface area contributed by atoms with Gasteiger partial charge in [0.2, 0.25) is 0 Å². The summed E-state index contributed by atoms with van der Waals surface area (Å²) < 4.78 is 28.8. The van der Waals surface area contributed by atoms with Gasteiger partial charge in [0.15, 0.2) is 0 Å². The maximum absolute atomic E-state index is 13.0. The Labute approximate surface area is 226 Å². The smallest absolute Gasteiger partial charge is 0.368 e. The van der Waals surface area contributed by atoms with Gasteiger partial charge in [-0.15, -0.1) is 0 Å². The highest BCUT2D eigenvalue weighted by Gasteiger charge is 2.43. The van der Waals surface area contributed by atoms with Crippen LogP contribution in [-0.4, -0.2) is 47.5 Å². The second-order valence-corrected chi connectivity index (χ2v) is 13.1. The number of hydrogen-bond acceptors (Lipinski definition) is 6. The van der Waals surface area contributed by atoms with Crippen LogP contribution in [0, 0.1) is 0 Å². The Hall–Kier alpha value is -0.0700. The summed E-state index contributed by atoms with van der Waals surface area (Å²) in [4.78, 5) is 22.7. The van der Waals surface area contributed by atoms with E-state index in [9.17, 15) is 14.3 Å². The van der Waals surface area contributed by atoms with Crippen molar-refractivity contribution in [1.29, 1.82) is 0 Å². The number of hydrogen-bond donors (Lipinski definition) is 1. The van der Waals surface area contributed by atoms with Crippen LogP contribution in [0.3, 0.4) is 0 Å². The lowest BCUT2D eigenvalue weighted by Crippen LogP contribution is -2.31. The van der Waals surface area contributed by atoms with E-state index in [1.54, 1.807) is 0 Å². The van der Waals surface area contributed by atoms with Crippen molar-refractivity contribution in [3.8, 4) is 0 Å². The second kappa shape index (κ2) is 24.0. The lowest BCUT2D eigenvalue weighted by molar-refractivity contribution is -0.149. The predicted molar refractivity (Wildman–Crippen MR) is 154 cm³/mol. The first-order valence-corrected chi connectivity index (χ1v) is 17.3. The fourth-order valence-corrected chi connectivity index (χ4v) is 7.03. The van der Waals surface area contributed by atoms with Crippen LogP contribution in [0.2, 0.25) is 0 Å². The summed E-state index contributed by atoms with van der Waals surface area (Å²) in [6.07, 6.45) is 20.1. The molecule has 0 aliphatic heterocycles. The van der Waals surface area contributed by atoms with Crippen molar-refractivity contribution in [3.63, 3.8) is 0 Å². The summed E-state index contributed by atoms with van der Waals surface area (Å²) in [6.45, 7) is 8.37. The van der Waals surface area contributed by atoms with Gasteiger partial charge in [-0.2, -0.15) is 11.8 Å². The zero-order valence-electron chi connectivity index (χ0n) is 24.0. The van der Waals surface area contributed by atoms with Crippen LogP contribution in [0.25, 0.3) is 0 Å². The molecule has 0 aromatic heterocycles. The van der Waals surface area contributed by atoms with Crippen molar-refractivity contribution in [2.75, 3.05) is 19.5 Å². The number of unbranched alkanes of at least 4 members (excludes halogenated alkanes) is 13. The summed E-state index contributed by atoms with van der Waals surface area (Å²) >= 11 is 1.84. The standard InChI is InChI=1S/C28H57O6PS/c1-6-9-11-13-14-15-16-17-19-21-24-36-26(22-20-18-12-10-7-2)25(4)34-35(30,31)28(27(29)32-5)33-23-8-3/h25-26,28H,6-24H2,1-5H3,(H,30,31). The second-order valence-electron chi connectivity index (χ2n) is 9.92. The third-order valence-corrected chi connectivity index (χ3v) is 9.60. The molecule has 0 bridgehead atoms. The molecule has 0 saturated carbocycles. The van der Waals surface area contributed by atoms with Crippen LogP contribution < -0.4 is 0 Å². The molecular formula is C28H57O6PS. The SMILES string of the molecule is CCCCCCCCCCCCSC(CCCCCCC)C(C)OP(=O)(O)C(OCCC)C(=O)OC. The number of esters is 1. The van der Waals surface area contributed by atoms with E-state index in [0.717, 1.165) is 31.4 Å². The van der Waals surface area contributed by atoms with Crippen molar-refractivity contribution < 1.29 is 28.3 Å². The van der Waals surface area contributed by atoms with Gasteiger partial charge in [-0.05, 0) is 31.9 Å². The zero-order chi connectivity index (χ0) is 27.1. The fourth-order valence-electron chi connectivity index (χ4n) is 4.21. The van der Waals surface area contributed by atoms with Gasteiger partial charge in [0.1, 0.15) is 0 Å². The highest BCUT2D eigenvalue weighted by atomic mass is 32.2. The van der Waals surface area contributed by atoms with E-state index in [2.05, 4.69) is 13.8 Å². The fraction of sp³-hybridized carbons (Fsp3) is 0.964. The highest BCUT2D eigenvalue weighted by Crippen LogP contribution is 2.51. The van der Waals surface area contributed by atoms with Crippen LogP contribution in [-0.2, 0) is 23.4 Å². The molecule has 6 nitrogen and oxygen atoms in total. The summed E-state index contributed by atoms with van der Waals surface area (Å²) in [6, 6.07) is 0. The third kappa shape index (κ3) is 18.2. The van der Waals surface area contributed by atoms with Crippen molar-refractivity contribution >= 4 is 25.3 Å². The maximum atomic E-state index is 13.0. The number of carbonyl (C=O) groups is 1. The molecule has 0 spiro atoms. The number of methoxy groups -OCH3 is 1. The van der Waals surface area contributed by atoms with Crippen molar-refractivity contribution in [1.82, 2.24) is 0 Å². The van der Waals surface area contributed by atoms with E-state index >= 15 is 0 Å². The van der Waals surface area contributed by atoms with Gasteiger partial charge in [-0.25, -0.2) is 4.79 Å². The Morgan fingerprint density at radius 2 is 1.31 bits per heavy atom. The average molecular weight is 553 g/mol. The Morgan fingerprint density at radius 3 is 1.81 bits per heavy atom. The number of rotatable bonds is 26. The first kappa shape index (κ1) is 35.9. The molecular weight excluding hydrogens is 495 g/mol. The Kier molecular flexibility index (Phi) is 24.0. The molecule has 0 fully saturated rings. The zero-order valence-corrected chi connectivity index (χ0v) is 25.7. The van der Waals surface area contributed by atoms with Crippen LogP contribution in [0.1, 0.15) is 137 Å². The normalized spacial score (nSPS) is 15.8. The molecule has 1 N–H and O–H groups in total. The minimum atomic E-state index is -4.34. The molecule has 0 heterocycles. The van der Waals surface area contributed by atoms with E-state index in [0.29, 0.717) is 6.42 Å². The molecule has 0 amide bonds. The summed E-state index contributed by atoms with van der Waals surface area (Å²) in [5, 5.41) is 0.107. The number of ether oxygens (including phenoxy) is 2. The molecule has 4 unspecified atom stereocenters. The maximum Gasteiger partial charge on any atom is 0.368 e. The van der Waals surface area contributed by atoms with Crippen molar-refractivity contribution in [3.05, 3.63) is 0 Å². The first-order valence-electron chi connectivity index (χ1n) is 14.7. The van der Waals surface area contributed by atoms with E-state index in [1.807, 2.05) is 25.6 Å². The van der Waals surface area contributed by atoms with Crippen LogP contribution in [0.4, 0.5) is 0 Å². The van der Waals surface area contributed by atoms with Crippen molar-refractivity contribution in [2.45, 2.75) is 154 Å². The number of carbonyl (C=O) groups excluding carboxylic acids is 1. The Morgan fingerprint density at radius 1 is 0.806 bits per heavy atom. The molecule has 0 aromatic rings. The minimum absolute atomic E-state index is 0.107. The van der Waals surface area contributed by atoms with Gasteiger partial charge in [-0.3, -0.25) is 4.57 Å². The summed E-state index contributed by atoms with van der Waals surface area (Å²) in [7, 11) is -3.15. The summed E-state index contributed by atoms with van der Waals surface area (Å²) in [5.74, 6) is -1.44. The van der Waals surface area contributed by atoms with Crippen LogP contribution in [0.5, 0.6) is 0 Å². The number of thioether (sulfide) groups is 1. The molecule has 216 valence electrons. The largest absolute Gasteiger partial charge is 0.467 e. The van der Waals surface area contributed by atoms with Gasteiger partial charge in [0.05, 0.1) is 13.2 Å². The van der Waals surface area contributed by atoms with Gasteiger partial charge in [-0.1, -0.05) is 111 Å². The monoisotopic (exact) mass is 552 g/mol.